The predicted octanol–water partition coefficient (Wildman–Crippen LogP) is 3.33. The Labute approximate surface area is 224 Å². The Kier molecular flexibility index (Phi) is 10.1. The number of carboxylic acid groups (broad SMARTS) is 1. The summed E-state index contributed by atoms with van der Waals surface area (Å²) in [6.45, 7) is 6.56. The highest BCUT2D eigenvalue weighted by Crippen LogP contribution is 2.31. The summed E-state index contributed by atoms with van der Waals surface area (Å²) in [7, 11) is 0. The maximum Gasteiger partial charge on any atom is 0.335 e. The van der Waals surface area contributed by atoms with Crippen molar-refractivity contribution in [3.63, 3.8) is 0 Å². The van der Waals surface area contributed by atoms with Crippen molar-refractivity contribution in [2.24, 2.45) is 17.3 Å². The van der Waals surface area contributed by atoms with Gasteiger partial charge in [-0.3, -0.25) is 19.6 Å². The van der Waals surface area contributed by atoms with E-state index in [1.165, 1.54) is 12.1 Å². The van der Waals surface area contributed by atoms with E-state index in [0.717, 1.165) is 25.7 Å². The van der Waals surface area contributed by atoms with Crippen LogP contribution in [0.5, 0.6) is 5.75 Å². The molecule has 2 fully saturated rings. The van der Waals surface area contributed by atoms with Gasteiger partial charge in [-0.05, 0) is 42.0 Å². The maximum atomic E-state index is 13.6. The number of nitrogens with zero attached hydrogens (tertiary/aromatic N) is 2. The molecule has 1 aliphatic carbocycles. The summed E-state index contributed by atoms with van der Waals surface area (Å²) in [4.78, 5) is 50.8. The van der Waals surface area contributed by atoms with Gasteiger partial charge in [-0.1, -0.05) is 46.5 Å². The maximum absolute atomic E-state index is 13.6. The van der Waals surface area contributed by atoms with Crippen LogP contribution in [-0.2, 0) is 14.4 Å². The molecule has 3 amide bonds. The van der Waals surface area contributed by atoms with Gasteiger partial charge in [0.15, 0.2) is 0 Å². The van der Waals surface area contributed by atoms with Gasteiger partial charge in [-0.25, -0.2) is 9.86 Å². The first-order valence-corrected chi connectivity index (χ1v) is 13.5. The van der Waals surface area contributed by atoms with Crippen LogP contribution in [0.15, 0.2) is 24.3 Å². The molecule has 0 spiro atoms. The van der Waals surface area contributed by atoms with Gasteiger partial charge in [0, 0.05) is 25.9 Å². The van der Waals surface area contributed by atoms with Crippen LogP contribution in [0.4, 0.5) is 0 Å². The van der Waals surface area contributed by atoms with E-state index in [-0.39, 0.29) is 30.0 Å². The molecule has 1 heterocycles. The van der Waals surface area contributed by atoms with E-state index in [9.17, 15) is 24.4 Å². The number of likely N-dealkylation sites (tertiary alicyclic amines) is 1. The van der Waals surface area contributed by atoms with Crippen LogP contribution in [0.2, 0.25) is 0 Å². The molecule has 1 saturated carbocycles. The Morgan fingerprint density at radius 3 is 2.24 bits per heavy atom. The van der Waals surface area contributed by atoms with Crippen LogP contribution in [0, 0.1) is 17.3 Å². The minimum atomic E-state index is -0.994. The number of hydrogen-bond acceptors (Lipinski definition) is 6. The number of carbonyl (C=O) groups excluding carboxylic acids is 3. The Hall–Kier alpha value is -3.14. The Balaban J connectivity index is 1.60. The lowest BCUT2D eigenvalue weighted by molar-refractivity contribution is -0.156. The lowest BCUT2D eigenvalue weighted by atomic mass is 9.84. The second-order valence-corrected chi connectivity index (χ2v) is 11.6. The fourth-order valence-corrected chi connectivity index (χ4v) is 5.34. The number of rotatable bonds is 11. The highest BCUT2D eigenvalue weighted by atomic mass is 16.5. The number of hydrogen-bond donors (Lipinski definition) is 3. The average Bonchev–Trinajstić information content (AvgIpc) is 3.39. The number of amides is 3. The van der Waals surface area contributed by atoms with Crippen LogP contribution >= 0.6 is 0 Å². The Morgan fingerprint density at radius 2 is 1.71 bits per heavy atom. The van der Waals surface area contributed by atoms with E-state index in [4.69, 9.17) is 9.84 Å². The molecule has 3 N–H and O–H groups in total. The molecule has 2 aliphatic rings. The minimum absolute atomic E-state index is 0.104. The molecule has 2 atom stereocenters. The average molecular weight is 532 g/mol. The van der Waals surface area contributed by atoms with Crippen molar-refractivity contribution >= 4 is 24.2 Å². The fourth-order valence-electron chi connectivity index (χ4n) is 5.34. The molecule has 0 radical (unpaired) electrons. The molecule has 1 aromatic carbocycles. The quantitative estimate of drug-likeness (QED) is 0.226. The lowest BCUT2D eigenvalue weighted by Crippen LogP contribution is -2.58. The standard InChI is InChI=1S/C28H41N3O7/c1-28(2,3)24(29-25(33)21(17-31(37)18-32)16-19-6-4-5-7-19)26(34)30-14-12-23(13-15-30)38-22-10-8-20(9-11-22)27(35)36/h8-11,18-19,21,23-24,37H,4-7,12-17H2,1-3H3,(H,29,33)(H,35,36)/t21?,24-/m1/s1. The number of nitrogens with one attached hydrogen (secondary N) is 1. The third-order valence-corrected chi connectivity index (χ3v) is 7.55. The Bertz CT molecular complexity index is 962. The van der Waals surface area contributed by atoms with Gasteiger partial charge < -0.3 is 20.1 Å². The Morgan fingerprint density at radius 1 is 1.11 bits per heavy atom. The van der Waals surface area contributed by atoms with Gasteiger partial charge in [0.05, 0.1) is 18.0 Å². The van der Waals surface area contributed by atoms with Crippen LogP contribution < -0.4 is 10.1 Å². The SMILES string of the molecule is CC(C)(C)[C@H](NC(=O)C(CC1CCCC1)CN(O)C=O)C(=O)N1CCC(Oc2ccc(C(=O)O)cc2)CC1. The van der Waals surface area contributed by atoms with Gasteiger partial charge in [-0.2, -0.15) is 0 Å². The van der Waals surface area contributed by atoms with E-state index >= 15 is 0 Å². The van der Waals surface area contributed by atoms with Crippen molar-refractivity contribution in [1.82, 2.24) is 15.3 Å². The van der Waals surface area contributed by atoms with Gasteiger partial charge >= 0.3 is 5.97 Å². The van der Waals surface area contributed by atoms with Crippen molar-refractivity contribution in [3.8, 4) is 5.75 Å². The number of ether oxygens (including phenoxy) is 1. The fraction of sp³-hybridized carbons (Fsp3) is 0.643. The first-order chi connectivity index (χ1) is 18.0. The molecule has 3 rings (SSSR count). The zero-order valence-electron chi connectivity index (χ0n) is 22.6. The van der Waals surface area contributed by atoms with Crippen LogP contribution in [-0.4, -0.2) is 76.3 Å². The van der Waals surface area contributed by atoms with Crippen molar-refractivity contribution < 1.29 is 34.2 Å². The molecule has 10 nitrogen and oxygen atoms in total. The van der Waals surface area contributed by atoms with E-state index in [2.05, 4.69) is 5.32 Å². The topological polar surface area (TPSA) is 136 Å². The molecule has 210 valence electrons. The summed E-state index contributed by atoms with van der Waals surface area (Å²) in [5.41, 5.74) is -0.357. The summed E-state index contributed by atoms with van der Waals surface area (Å²) < 4.78 is 6.00. The highest BCUT2D eigenvalue weighted by molar-refractivity contribution is 5.89. The largest absolute Gasteiger partial charge is 0.490 e. The molecule has 10 heteroatoms. The first kappa shape index (κ1) is 29.4. The van der Waals surface area contributed by atoms with E-state index in [0.29, 0.717) is 55.5 Å². The predicted molar refractivity (Wildman–Crippen MR) is 140 cm³/mol. The van der Waals surface area contributed by atoms with Crippen molar-refractivity contribution in [2.75, 3.05) is 19.6 Å². The number of aromatic carboxylic acids is 1. The zero-order valence-corrected chi connectivity index (χ0v) is 22.6. The molecule has 0 bridgehead atoms. The van der Waals surface area contributed by atoms with Gasteiger partial charge in [-0.15, -0.1) is 0 Å². The summed E-state index contributed by atoms with van der Waals surface area (Å²) >= 11 is 0. The smallest absolute Gasteiger partial charge is 0.335 e. The van der Waals surface area contributed by atoms with Gasteiger partial charge in [0.1, 0.15) is 17.9 Å². The third kappa shape index (κ3) is 8.18. The molecule has 0 aromatic heterocycles. The molecule has 1 saturated heterocycles. The second-order valence-electron chi connectivity index (χ2n) is 11.6. The normalized spacial score (nSPS) is 18.5. The number of piperidine rings is 1. The van der Waals surface area contributed by atoms with Gasteiger partial charge in [0.2, 0.25) is 18.2 Å². The number of carbonyl (C=O) groups is 4. The summed E-state index contributed by atoms with van der Waals surface area (Å²) in [5, 5.41) is 22.3. The molecule has 1 aromatic rings. The van der Waals surface area contributed by atoms with Crippen LogP contribution in [0.1, 0.15) is 76.1 Å². The highest BCUT2D eigenvalue weighted by Gasteiger charge is 2.39. The van der Waals surface area contributed by atoms with Crippen molar-refractivity contribution in [2.45, 2.75) is 77.9 Å². The van der Waals surface area contributed by atoms with E-state index < -0.39 is 23.3 Å². The van der Waals surface area contributed by atoms with Gasteiger partial charge in [0.25, 0.3) is 0 Å². The molecular weight excluding hydrogens is 490 g/mol. The van der Waals surface area contributed by atoms with Crippen LogP contribution in [0.25, 0.3) is 0 Å². The minimum Gasteiger partial charge on any atom is -0.490 e. The number of benzene rings is 1. The molecule has 1 unspecified atom stereocenters. The zero-order chi connectivity index (χ0) is 27.9. The first-order valence-electron chi connectivity index (χ1n) is 13.5. The van der Waals surface area contributed by atoms with Crippen molar-refractivity contribution in [1.29, 1.82) is 0 Å². The van der Waals surface area contributed by atoms with Crippen molar-refractivity contribution in [3.05, 3.63) is 29.8 Å². The molecule has 38 heavy (non-hydrogen) atoms. The number of hydroxylamine groups is 2. The number of carboxylic acids is 1. The van der Waals surface area contributed by atoms with E-state index in [1.54, 1.807) is 17.0 Å². The monoisotopic (exact) mass is 531 g/mol. The third-order valence-electron chi connectivity index (χ3n) is 7.55. The molecular formula is C28H41N3O7. The second kappa shape index (κ2) is 13.1. The molecule has 1 aliphatic heterocycles. The lowest BCUT2D eigenvalue weighted by Gasteiger charge is -2.39. The summed E-state index contributed by atoms with van der Waals surface area (Å²) in [6, 6.07) is 5.50. The van der Waals surface area contributed by atoms with Crippen LogP contribution in [0.3, 0.4) is 0 Å². The summed E-state index contributed by atoms with van der Waals surface area (Å²) in [5.74, 6) is -1.13. The summed E-state index contributed by atoms with van der Waals surface area (Å²) in [6.07, 6.45) is 6.27. The van der Waals surface area contributed by atoms with E-state index in [1.807, 2.05) is 20.8 Å².